The molecule has 0 saturated carbocycles. The Balaban J connectivity index is -0.0000000429. The Labute approximate surface area is 131 Å². The molecule has 0 unspecified atom stereocenters. The van der Waals surface area contributed by atoms with Gasteiger partial charge in [0.2, 0.25) is 0 Å². The van der Waals surface area contributed by atoms with Crippen LogP contribution in [0.3, 0.4) is 0 Å². The van der Waals surface area contributed by atoms with E-state index in [0.29, 0.717) is 19.5 Å². The van der Waals surface area contributed by atoms with E-state index in [1.54, 1.807) is 6.41 Å². The van der Waals surface area contributed by atoms with Crippen LogP contribution in [-0.4, -0.2) is 49.1 Å². The summed E-state index contributed by atoms with van der Waals surface area (Å²) in [6.07, 6.45) is 4.07. The molecule has 0 aliphatic carbocycles. The van der Waals surface area contributed by atoms with Crippen LogP contribution in [0.15, 0.2) is 0 Å². The molecule has 9 heteroatoms. The Bertz CT molecular complexity index is 154. The molecule has 18 heavy (non-hydrogen) atoms. The standard InChI is InChI=1S/C4H8NO.C3H6NO.2CHO2.Y/c1-2-3-5-4-6;1-2-4-3-5;2*2-1-3;/h2-3H2,1H3,(H,5,6);2H2,1H3,(H,4,5);2*(H,2,3);/q4*-1;. The van der Waals surface area contributed by atoms with Crippen LogP contribution in [0.2, 0.25) is 0 Å². The van der Waals surface area contributed by atoms with Crippen molar-refractivity contribution >= 4 is 25.8 Å². The van der Waals surface area contributed by atoms with E-state index in [-0.39, 0.29) is 32.7 Å². The van der Waals surface area contributed by atoms with E-state index in [0.717, 1.165) is 13.0 Å². The molecule has 0 aliphatic heterocycles. The van der Waals surface area contributed by atoms with Crippen LogP contribution in [0.1, 0.15) is 20.3 Å². The Morgan fingerprint density at radius 3 is 1.28 bits per heavy atom. The first kappa shape index (κ1) is 30.2. The van der Waals surface area contributed by atoms with Crippen molar-refractivity contribution in [2.75, 3.05) is 13.1 Å². The molecule has 0 saturated heterocycles. The van der Waals surface area contributed by atoms with E-state index in [1.807, 2.05) is 13.8 Å². The fraction of sp³-hybridized carbons (Fsp3) is 0.556. The Hall–Kier alpha value is -1.02. The van der Waals surface area contributed by atoms with Crippen LogP contribution in [-0.2, 0) is 51.9 Å². The van der Waals surface area contributed by atoms with Gasteiger partial charge < -0.3 is 40.0 Å². The van der Waals surface area contributed by atoms with Gasteiger partial charge in [-0.2, -0.15) is 12.8 Å². The van der Waals surface area contributed by atoms with Gasteiger partial charge in [-0.3, -0.25) is 0 Å². The van der Waals surface area contributed by atoms with Crippen molar-refractivity contribution in [2.24, 2.45) is 0 Å². The summed E-state index contributed by atoms with van der Waals surface area (Å²) in [5.74, 6) is 0. The molecule has 1 radical (unpaired) electrons. The number of aliphatic hydroxyl groups excluding tert-OH is 2. The fourth-order valence-electron chi connectivity index (χ4n) is 0.248. The van der Waals surface area contributed by atoms with Crippen molar-refractivity contribution in [2.45, 2.75) is 20.3 Å². The van der Waals surface area contributed by atoms with E-state index in [4.69, 9.17) is 24.6 Å². The van der Waals surface area contributed by atoms with E-state index in [2.05, 4.69) is 10.6 Å². The first-order valence-electron chi connectivity index (χ1n) is 4.39. The van der Waals surface area contributed by atoms with Gasteiger partial charge in [0.15, 0.2) is 0 Å². The smallest absolute Gasteiger partial charge is 0 e. The maximum Gasteiger partial charge on any atom is 0 e. The van der Waals surface area contributed by atoms with Gasteiger partial charge in [0.05, 0.1) is 0 Å². The number of rotatable bonds is 5. The summed E-state index contributed by atoms with van der Waals surface area (Å²) >= 11 is 0. The zero-order chi connectivity index (χ0) is 14.4. The largest absolute Gasteiger partial charge is 0.665 e. The van der Waals surface area contributed by atoms with Crippen LogP contribution in [0.25, 0.3) is 0 Å². The molecule has 0 bridgehead atoms. The minimum atomic E-state index is 0. The van der Waals surface area contributed by atoms with Crippen LogP contribution in [0.4, 0.5) is 0 Å². The van der Waals surface area contributed by atoms with Gasteiger partial charge in [-0.15, -0.1) is 0 Å². The maximum atomic E-state index is 9.33. The summed E-state index contributed by atoms with van der Waals surface area (Å²) in [7, 11) is 0. The number of amides is 2. The molecule has 0 spiro atoms. The summed E-state index contributed by atoms with van der Waals surface area (Å²) in [6.45, 7) is 6.24. The predicted octanol–water partition coefficient (Wildman–Crippen LogP) is -1.06. The molecule has 0 aromatic carbocycles. The van der Waals surface area contributed by atoms with Crippen LogP contribution < -0.4 is 10.6 Å². The Kier molecular flexibility index (Phi) is 94.5. The molecule has 0 atom stereocenters. The maximum absolute atomic E-state index is 9.33. The van der Waals surface area contributed by atoms with Gasteiger partial charge in [-0.25, -0.2) is 0 Å². The SMILES string of the molecule is CCCN[C-]=O.CCN[C-]=O.O=[C-]O.O=[C-]O.[Y]. The molecule has 0 fully saturated rings. The number of nitrogens with one attached hydrogen (secondary N) is 2. The molecule has 2 amide bonds. The van der Waals surface area contributed by atoms with Gasteiger partial charge >= 0.3 is 0 Å². The summed E-state index contributed by atoms with van der Waals surface area (Å²) in [6, 6.07) is 0. The summed E-state index contributed by atoms with van der Waals surface area (Å²) in [4.78, 5) is 35.0. The van der Waals surface area contributed by atoms with Gasteiger partial charge in [0, 0.05) is 32.7 Å². The van der Waals surface area contributed by atoms with Gasteiger partial charge in [-0.1, -0.05) is 26.8 Å². The van der Waals surface area contributed by atoms with Crippen LogP contribution in [0, 0.1) is 0 Å². The molecule has 0 heterocycles. The van der Waals surface area contributed by atoms with E-state index in [1.165, 1.54) is 6.41 Å². The minimum absolute atomic E-state index is 0. The van der Waals surface area contributed by atoms with Crippen LogP contribution in [0.5, 0.6) is 0 Å². The molecule has 0 aromatic rings. The number of hydrogen-bond donors (Lipinski definition) is 4. The van der Waals surface area contributed by atoms with E-state index >= 15 is 0 Å². The fourth-order valence-corrected chi connectivity index (χ4v) is 0.248. The van der Waals surface area contributed by atoms with E-state index in [9.17, 15) is 4.79 Å². The predicted molar refractivity (Wildman–Crippen MR) is 60.0 cm³/mol. The second kappa shape index (κ2) is 56.3. The van der Waals surface area contributed by atoms with Gasteiger partial charge in [0.25, 0.3) is 0 Å². The topological polar surface area (TPSA) is 133 Å². The zero-order valence-corrected chi connectivity index (χ0v) is 13.1. The molecule has 4 N–H and O–H groups in total. The molecule has 0 aliphatic rings. The Morgan fingerprint density at radius 2 is 1.22 bits per heavy atom. The third kappa shape index (κ3) is 185. The van der Waals surface area contributed by atoms with Crippen molar-refractivity contribution in [1.82, 2.24) is 10.6 Å². The summed E-state index contributed by atoms with van der Waals surface area (Å²) < 4.78 is 0. The van der Waals surface area contributed by atoms with Crippen molar-refractivity contribution in [3.05, 3.63) is 0 Å². The number of carbonyl (C=O) groups excluding carboxylic acids is 2. The first-order valence-corrected chi connectivity index (χ1v) is 4.39. The quantitative estimate of drug-likeness (QED) is 0.287. The summed E-state index contributed by atoms with van der Waals surface area (Å²) in [5.41, 5.74) is 0. The molecule has 0 rings (SSSR count). The molecule has 105 valence electrons. The first-order chi connectivity index (χ1) is 8.16. The molecular weight excluding hydrogens is 321 g/mol. The monoisotopic (exact) mass is 337 g/mol. The zero-order valence-electron chi connectivity index (χ0n) is 10.2. The molecule has 0 aromatic heterocycles. The minimum Gasteiger partial charge on any atom is -0.665 e. The second-order valence-corrected chi connectivity index (χ2v) is 1.84. The van der Waals surface area contributed by atoms with E-state index < -0.39 is 0 Å². The second-order valence-electron chi connectivity index (χ2n) is 1.84. The molecule has 8 nitrogen and oxygen atoms in total. The van der Waals surface area contributed by atoms with Gasteiger partial charge in [-0.05, 0) is 19.5 Å². The van der Waals surface area contributed by atoms with Crippen molar-refractivity contribution in [3.8, 4) is 0 Å². The average Bonchev–Trinajstić information content (AvgIpc) is 2.30. The molecular formula is C9H16N2O6Y-4. The van der Waals surface area contributed by atoms with Crippen molar-refractivity contribution < 1.29 is 62.1 Å². The third-order valence-electron chi connectivity index (χ3n) is 0.696. The third-order valence-corrected chi connectivity index (χ3v) is 0.696. The summed E-state index contributed by atoms with van der Waals surface area (Å²) in [5, 5.41) is 18.2. The van der Waals surface area contributed by atoms with Crippen LogP contribution >= 0.6 is 0 Å². The van der Waals surface area contributed by atoms with Gasteiger partial charge in [0.1, 0.15) is 0 Å². The normalized spacial score (nSPS) is 5.67. The van der Waals surface area contributed by atoms with Crippen molar-refractivity contribution in [3.63, 3.8) is 0 Å². The Morgan fingerprint density at radius 1 is 0.889 bits per heavy atom. The average molecular weight is 337 g/mol. The number of hydrogen-bond acceptors (Lipinski definition) is 4. The van der Waals surface area contributed by atoms with Crippen molar-refractivity contribution in [1.29, 1.82) is 0 Å².